The standard InChI is InChI=1S/C13H18BrN3O/c14-12-7-10(1-2-11(12)13(15)18)17-6-4-9-3-5-16-8-9/h1-2,7,9,16-17H,3-6,8H2,(H2,15,18). The number of amides is 1. The van der Waals surface area contributed by atoms with Crippen molar-refractivity contribution >= 4 is 27.5 Å². The maximum atomic E-state index is 11.1. The van der Waals surface area contributed by atoms with Gasteiger partial charge in [0.2, 0.25) is 5.91 Å². The molecule has 1 aromatic carbocycles. The normalized spacial score (nSPS) is 18.8. The number of hydrogen-bond acceptors (Lipinski definition) is 3. The lowest BCUT2D eigenvalue weighted by atomic mass is 10.1. The number of anilines is 1. The largest absolute Gasteiger partial charge is 0.385 e. The molecule has 1 unspecified atom stereocenters. The Kier molecular flexibility index (Phi) is 4.60. The third-order valence-corrected chi connectivity index (χ3v) is 3.93. The third kappa shape index (κ3) is 3.46. The van der Waals surface area contributed by atoms with E-state index >= 15 is 0 Å². The summed E-state index contributed by atoms with van der Waals surface area (Å²) in [5.74, 6) is 0.372. The van der Waals surface area contributed by atoms with Crippen molar-refractivity contribution in [2.24, 2.45) is 11.7 Å². The summed E-state index contributed by atoms with van der Waals surface area (Å²) in [7, 11) is 0. The minimum Gasteiger partial charge on any atom is -0.385 e. The van der Waals surface area contributed by atoms with Crippen LogP contribution in [0, 0.1) is 5.92 Å². The van der Waals surface area contributed by atoms with Crippen molar-refractivity contribution in [3.8, 4) is 0 Å². The van der Waals surface area contributed by atoms with Crippen molar-refractivity contribution in [1.82, 2.24) is 5.32 Å². The second-order valence-electron chi connectivity index (χ2n) is 4.63. The molecule has 1 amide bonds. The Hall–Kier alpha value is -1.07. The molecule has 0 saturated carbocycles. The van der Waals surface area contributed by atoms with Gasteiger partial charge in [0.05, 0.1) is 5.56 Å². The Bertz CT molecular complexity index is 430. The number of rotatable bonds is 5. The minimum atomic E-state index is -0.412. The van der Waals surface area contributed by atoms with Crippen molar-refractivity contribution in [2.45, 2.75) is 12.8 Å². The van der Waals surface area contributed by atoms with E-state index in [1.165, 1.54) is 12.8 Å². The highest BCUT2D eigenvalue weighted by Crippen LogP contribution is 2.21. The van der Waals surface area contributed by atoms with Gasteiger partial charge in [-0.15, -0.1) is 0 Å². The molecule has 0 bridgehead atoms. The summed E-state index contributed by atoms with van der Waals surface area (Å²) < 4.78 is 0.738. The maximum absolute atomic E-state index is 11.1. The second kappa shape index (κ2) is 6.20. The van der Waals surface area contributed by atoms with Crippen LogP contribution < -0.4 is 16.4 Å². The molecule has 18 heavy (non-hydrogen) atoms. The van der Waals surface area contributed by atoms with Gasteiger partial charge in [0.1, 0.15) is 0 Å². The van der Waals surface area contributed by atoms with E-state index in [1.54, 1.807) is 6.07 Å². The first-order valence-electron chi connectivity index (χ1n) is 6.21. The molecule has 2 rings (SSSR count). The van der Waals surface area contributed by atoms with Crippen LogP contribution in [0.25, 0.3) is 0 Å². The summed E-state index contributed by atoms with van der Waals surface area (Å²) in [6, 6.07) is 5.52. The lowest BCUT2D eigenvalue weighted by Crippen LogP contribution is -2.13. The zero-order valence-corrected chi connectivity index (χ0v) is 11.8. The summed E-state index contributed by atoms with van der Waals surface area (Å²) in [4.78, 5) is 11.1. The molecule has 1 aliphatic heterocycles. The Balaban J connectivity index is 1.85. The number of primary amides is 1. The smallest absolute Gasteiger partial charge is 0.249 e. The van der Waals surface area contributed by atoms with E-state index in [0.29, 0.717) is 5.56 Å². The molecule has 5 heteroatoms. The summed E-state index contributed by atoms with van der Waals surface area (Å²) >= 11 is 3.36. The van der Waals surface area contributed by atoms with E-state index < -0.39 is 5.91 Å². The second-order valence-corrected chi connectivity index (χ2v) is 5.49. The van der Waals surface area contributed by atoms with Crippen molar-refractivity contribution in [3.05, 3.63) is 28.2 Å². The van der Waals surface area contributed by atoms with Crippen LogP contribution in [0.3, 0.4) is 0 Å². The first-order chi connectivity index (χ1) is 8.66. The molecule has 4 N–H and O–H groups in total. The topological polar surface area (TPSA) is 67.2 Å². The average molecular weight is 312 g/mol. The molecular formula is C13H18BrN3O. The van der Waals surface area contributed by atoms with E-state index in [9.17, 15) is 4.79 Å². The molecule has 1 saturated heterocycles. The molecule has 1 aromatic rings. The highest BCUT2D eigenvalue weighted by atomic mass is 79.9. The number of halogens is 1. The first-order valence-corrected chi connectivity index (χ1v) is 7.00. The summed E-state index contributed by atoms with van der Waals surface area (Å²) in [5.41, 5.74) is 6.78. The van der Waals surface area contributed by atoms with Gasteiger partial charge in [-0.25, -0.2) is 0 Å². The molecule has 1 fully saturated rings. The Morgan fingerprint density at radius 3 is 3.00 bits per heavy atom. The van der Waals surface area contributed by atoms with Crippen molar-refractivity contribution in [3.63, 3.8) is 0 Å². The van der Waals surface area contributed by atoms with Gasteiger partial charge in [-0.3, -0.25) is 4.79 Å². The highest BCUT2D eigenvalue weighted by Gasteiger charge is 2.13. The van der Waals surface area contributed by atoms with E-state index in [0.717, 1.165) is 35.7 Å². The number of benzene rings is 1. The molecule has 1 atom stereocenters. The van der Waals surface area contributed by atoms with Crippen LogP contribution in [0.2, 0.25) is 0 Å². The summed E-state index contributed by atoms with van der Waals surface area (Å²) in [5, 5.41) is 6.73. The van der Waals surface area contributed by atoms with Gasteiger partial charge in [0.25, 0.3) is 0 Å². The van der Waals surface area contributed by atoms with Gasteiger partial charge in [-0.1, -0.05) is 0 Å². The van der Waals surface area contributed by atoms with Crippen LogP contribution >= 0.6 is 15.9 Å². The number of carbonyl (C=O) groups is 1. The Morgan fingerprint density at radius 1 is 1.56 bits per heavy atom. The molecular weight excluding hydrogens is 294 g/mol. The molecule has 1 heterocycles. The van der Waals surface area contributed by atoms with Gasteiger partial charge in [-0.05, 0) is 66.0 Å². The van der Waals surface area contributed by atoms with Gasteiger partial charge in [0.15, 0.2) is 0 Å². The Labute approximate surface area is 115 Å². The van der Waals surface area contributed by atoms with Crippen LogP contribution in [0.5, 0.6) is 0 Å². The molecule has 98 valence electrons. The lowest BCUT2D eigenvalue weighted by molar-refractivity contribution is 0.0999. The van der Waals surface area contributed by atoms with Gasteiger partial charge < -0.3 is 16.4 Å². The average Bonchev–Trinajstić information content (AvgIpc) is 2.81. The van der Waals surface area contributed by atoms with Crippen LogP contribution in [-0.2, 0) is 0 Å². The molecule has 0 radical (unpaired) electrons. The van der Waals surface area contributed by atoms with Gasteiger partial charge in [0, 0.05) is 16.7 Å². The van der Waals surface area contributed by atoms with E-state index in [4.69, 9.17) is 5.73 Å². The van der Waals surface area contributed by atoms with E-state index in [-0.39, 0.29) is 0 Å². The monoisotopic (exact) mass is 311 g/mol. The molecule has 1 aliphatic rings. The highest BCUT2D eigenvalue weighted by molar-refractivity contribution is 9.10. The first kappa shape index (κ1) is 13.4. The molecule has 0 spiro atoms. The SMILES string of the molecule is NC(=O)c1ccc(NCCC2CCNC2)cc1Br. The summed E-state index contributed by atoms with van der Waals surface area (Å²) in [6.07, 6.45) is 2.44. The van der Waals surface area contributed by atoms with Crippen molar-refractivity contribution in [1.29, 1.82) is 0 Å². The molecule has 4 nitrogen and oxygen atoms in total. The lowest BCUT2D eigenvalue weighted by Gasteiger charge is -2.11. The van der Waals surface area contributed by atoms with Crippen molar-refractivity contribution in [2.75, 3.05) is 25.0 Å². The maximum Gasteiger partial charge on any atom is 0.249 e. The predicted octanol–water partition coefficient (Wildman–Crippen LogP) is 1.96. The van der Waals surface area contributed by atoms with E-state index in [2.05, 4.69) is 26.6 Å². The molecule has 0 aromatic heterocycles. The Morgan fingerprint density at radius 2 is 2.39 bits per heavy atom. The predicted molar refractivity (Wildman–Crippen MR) is 76.7 cm³/mol. The van der Waals surface area contributed by atoms with Gasteiger partial charge in [-0.2, -0.15) is 0 Å². The minimum absolute atomic E-state index is 0.412. The zero-order chi connectivity index (χ0) is 13.0. The fourth-order valence-electron chi connectivity index (χ4n) is 2.21. The van der Waals surface area contributed by atoms with Gasteiger partial charge >= 0.3 is 0 Å². The van der Waals surface area contributed by atoms with Crippen LogP contribution in [-0.4, -0.2) is 25.5 Å². The number of nitrogens with two attached hydrogens (primary N) is 1. The number of carbonyl (C=O) groups excluding carboxylic acids is 1. The van der Waals surface area contributed by atoms with Crippen LogP contribution in [0.4, 0.5) is 5.69 Å². The van der Waals surface area contributed by atoms with Crippen molar-refractivity contribution < 1.29 is 4.79 Å². The zero-order valence-electron chi connectivity index (χ0n) is 10.2. The van der Waals surface area contributed by atoms with Crippen LogP contribution in [0.1, 0.15) is 23.2 Å². The third-order valence-electron chi connectivity index (χ3n) is 3.28. The quantitative estimate of drug-likeness (QED) is 0.778. The fraction of sp³-hybridized carbons (Fsp3) is 0.462. The summed E-state index contributed by atoms with van der Waals surface area (Å²) in [6.45, 7) is 3.23. The van der Waals surface area contributed by atoms with Crippen LogP contribution in [0.15, 0.2) is 22.7 Å². The fourth-order valence-corrected chi connectivity index (χ4v) is 2.78. The number of hydrogen-bond donors (Lipinski definition) is 3. The molecule has 0 aliphatic carbocycles. The number of nitrogens with one attached hydrogen (secondary N) is 2. The van der Waals surface area contributed by atoms with E-state index in [1.807, 2.05) is 12.1 Å².